The van der Waals surface area contributed by atoms with E-state index in [0.717, 1.165) is 24.9 Å². The molecule has 1 amide bonds. The molecule has 2 aliphatic rings. The van der Waals surface area contributed by atoms with Crippen LogP contribution in [0.15, 0.2) is 30.3 Å². The quantitative estimate of drug-likeness (QED) is 0.883. The van der Waals surface area contributed by atoms with Crippen LogP contribution in [-0.4, -0.2) is 46.7 Å². The lowest BCUT2D eigenvalue weighted by Gasteiger charge is -2.31. The third-order valence-corrected chi connectivity index (χ3v) is 4.65. The standard InChI is InChI=1S/C16H20N2O4/c19-14(20)16(8-10-18-9-4-7-13(16)18)17-15(21)22-11-12-5-2-1-3-6-12/h1-3,5-6,13H,4,7-11H2,(H,17,21)(H,19,20). The van der Waals surface area contributed by atoms with Crippen LogP contribution >= 0.6 is 0 Å². The fourth-order valence-corrected chi connectivity index (χ4v) is 3.53. The van der Waals surface area contributed by atoms with Gasteiger partial charge in [-0.15, -0.1) is 0 Å². The van der Waals surface area contributed by atoms with Crippen LogP contribution in [-0.2, 0) is 16.1 Å². The minimum atomic E-state index is -1.22. The van der Waals surface area contributed by atoms with Crippen molar-refractivity contribution >= 4 is 12.1 Å². The zero-order valence-electron chi connectivity index (χ0n) is 12.3. The molecule has 2 N–H and O–H groups in total. The summed E-state index contributed by atoms with van der Waals surface area (Å²) in [5.74, 6) is -0.974. The Kier molecular flexibility index (Phi) is 4.02. The molecule has 1 aromatic carbocycles. The van der Waals surface area contributed by atoms with Crippen LogP contribution in [0.2, 0.25) is 0 Å². The van der Waals surface area contributed by atoms with Crippen molar-refractivity contribution < 1.29 is 19.4 Å². The van der Waals surface area contributed by atoms with E-state index >= 15 is 0 Å². The first-order chi connectivity index (χ1) is 10.6. The molecule has 1 aromatic rings. The van der Waals surface area contributed by atoms with E-state index in [-0.39, 0.29) is 12.6 Å². The first-order valence-electron chi connectivity index (χ1n) is 7.58. The van der Waals surface area contributed by atoms with E-state index in [1.165, 1.54) is 0 Å². The Morgan fingerprint density at radius 2 is 2.09 bits per heavy atom. The van der Waals surface area contributed by atoms with Gasteiger partial charge in [0, 0.05) is 12.6 Å². The number of amides is 1. The Morgan fingerprint density at radius 3 is 2.82 bits per heavy atom. The monoisotopic (exact) mass is 304 g/mol. The minimum absolute atomic E-state index is 0.130. The van der Waals surface area contributed by atoms with Gasteiger partial charge < -0.3 is 15.2 Å². The van der Waals surface area contributed by atoms with Gasteiger partial charge in [-0.1, -0.05) is 30.3 Å². The van der Waals surface area contributed by atoms with Gasteiger partial charge in [-0.05, 0) is 31.4 Å². The lowest BCUT2D eigenvalue weighted by Crippen LogP contribution is -2.60. The molecule has 2 heterocycles. The lowest BCUT2D eigenvalue weighted by molar-refractivity contribution is -0.145. The van der Waals surface area contributed by atoms with Crippen LogP contribution < -0.4 is 5.32 Å². The Bertz CT molecular complexity index is 563. The molecule has 0 aromatic heterocycles. The van der Waals surface area contributed by atoms with Crippen molar-refractivity contribution in [1.29, 1.82) is 0 Å². The lowest BCUT2D eigenvalue weighted by atomic mass is 9.89. The molecule has 2 saturated heterocycles. The highest BCUT2D eigenvalue weighted by Crippen LogP contribution is 2.36. The number of hydrogen-bond donors (Lipinski definition) is 2. The third kappa shape index (κ3) is 2.66. The topological polar surface area (TPSA) is 78.9 Å². The average Bonchev–Trinajstić information content (AvgIpc) is 3.10. The number of alkyl carbamates (subject to hydrolysis) is 1. The van der Waals surface area contributed by atoms with Crippen LogP contribution in [0.3, 0.4) is 0 Å². The number of nitrogens with zero attached hydrogens (tertiary/aromatic N) is 1. The molecule has 2 unspecified atom stereocenters. The van der Waals surface area contributed by atoms with Gasteiger partial charge in [0.25, 0.3) is 0 Å². The molecule has 22 heavy (non-hydrogen) atoms. The second-order valence-corrected chi connectivity index (χ2v) is 5.91. The number of rotatable bonds is 4. The summed E-state index contributed by atoms with van der Waals surface area (Å²) >= 11 is 0. The molecule has 0 radical (unpaired) electrons. The molecule has 2 fully saturated rings. The van der Waals surface area contributed by atoms with Crippen molar-refractivity contribution in [1.82, 2.24) is 10.2 Å². The molecule has 2 aliphatic heterocycles. The maximum absolute atomic E-state index is 12.1. The molecule has 0 aliphatic carbocycles. The van der Waals surface area contributed by atoms with E-state index < -0.39 is 17.6 Å². The summed E-state index contributed by atoms with van der Waals surface area (Å²) in [6, 6.07) is 9.19. The molecule has 6 nitrogen and oxygen atoms in total. The van der Waals surface area contributed by atoms with Gasteiger partial charge >= 0.3 is 12.1 Å². The van der Waals surface area contributed by atoms with Crippen molar-refractivity contribution in [2.75, 3.05) is 13.1 Å². The van der Waals surface area contributed by atoms with E-state index in [2.05, 4.69) is 10.2 Å². The zero-order valence-corrected chi connectivity index (χ0v) is 12.3. The number of carboxylic acid groups (broad SMARTS) is 1. The molecule has 6 heteroatoms. The molecular weight excluding hydrogens is 284 g/mol. The first kappa shape index (κ1) is 14.8. The third-order valence-electron chi connectivity index (χ3n) is 4.65. The number of nitrogens with one attached hydrogen (secondary N) is 1. The summed E-state index contributed by atoms with van der Waals surface area (Å²) in [5, 5.41) is 12.3. The molecule has 118 valence electrons. The summed E-state index contributed by atoms with van der Waals surface area (Å²) in [5.41, 5.74) is -0.347. The predicted octanol–water partition coefficient (Wildman–Crippen LogP) is 1.60. The van der Waals surface area contributed by atoms with Crippen molar-refractivity contribution in [2.24, 2.45) is 0 Å². The smallest absolute Gasteiger partial charge is 0.408 e. The number of ether oxygens (including phenoxy) is 1. The fourth-order valence-electron chi connectivity index (χ4n) is 3.53. The molecular formula is C16H20N2O4. The Morgan fingerprint density at radius 1 is 1.32 bits per heavy atom. The maximum atomic E-state index is 12.1. The number of carboxylic acids is 1. The average molecular weight is 304 g/mol. The number of carbonyl (C=O) groups is 2. The second-order valence-electron chi connectivity index (χ2n) is 5.91. The van der Waals surface area contributed by atoms with Crippen LogP contribution in [0.25, 0.3) is 0 Å². The Hall–Kier alpha value is -2.08. The predicted molar refractivity (Wildman–Crippen MR) is 79.3 cm³/mol. The van der Waals surface area contributed by atoms with E-state index in [0.29, 0.717) is 13.0 Å². The summed E-state index contributed by atoms with van der Waals surface area (Å²) in [4.78, 5) is 26.0. The molecule has 2 atom stereocenters. The van der Waals surface area contributed by atoms with Gasteiger partial charge in [-0.2, -0.15) is 0 Å². The Labute approximate surface area is 129 Å². The highest BCUT2D eigenvalue weighted by molar-refractivity contribution is 5.86. The molecule has 0 spiro atoms. The number of carbonyl (C=O) groups excluding carboxylic acids is 1. The summed E-state index contributed by atoms with van der Waals surface area (Å²) in [6.07, 6.45) is 1.53. The van der Waals surface area contributed by atoms with Crippen LogP contribution in [0, 0.1) is 0 Å². The normalized spacial score (nSPS) is 27.4. The van der Waals surface area contributed by atoms with Crippen LogP contribution in [0.1, 0.15) is 24.8 Å². The highest BCUT2D eigenvalue weighted by Gasteiger charge is 2.55. The SMILES string of the molecule is O=C(NC1(C(=O)O)CCN2CCCC21)OCc1ccccc1. The van der Waals surface area contributed by atoms with E-state index in [4.69, 9.17) is 4.74 Å². The van der Waals surface area contributed by atoms with Gasteiger partial charge in [0.05, 0.1) is 0 Å². The molecule has 3 rings (SSSR count). The number of hydrogen-bond acceptors (Lipinski definition) is 4. The largest absolute Gasteiger partial charge is 0.479 e. The summed E-state index contributed by atoms with van der Waals surface area (Å²) < 4.78 is 5.18. The van der Waals surface area contributed by atoms with E-state index in [1.54, 1.807) is 0 Å². The van der Waals surface area contributed by atoms with Gasteiger partial charge in [0.2, 0.25) is 0 Å². The van der Waals surface area contributed by atoms with Gasteiger partial charge in [0.1, 0.15) is 6.61 Å². The van der Waals surface area contributed by atoms with E-state index in [1.807, 2.05) is 30.3 Å². The Balaban J connectivity index is 1.64. The van der Waals surface area contributed by atoms with Crippen molar-refractivity contribution in [3.05, 3.63) is 35.9 Å². The number of benzene rings is 1. The van der Waals surface area contributed by atoms with Gasteiger partial charge in [-0.3, -0.25) is 4.90 Å². The number of aliphatic carboxylic acids is 1. The minimum Gasteiger partial charge on any atom is -0.479 e. The van der Waals surface area contributed by atoms with Gasteiger partial charge in [-0.25, -0.2) is 9.59 Å². The molecule has 0 saturated carbocycles. The van der Waals surface area contributed by atoms with Crippen molar-refractivity contribution in [3.63, 3.8) is 0 Å². The number of fused-ring (bicyclic) bond motifs is 1. The maximum Gasteiger partial charge on any atom is 0.408 e. The van der Waals surface area contributed by atoms with Crippen molar-refractivity contribution in [2.45, 2.75) is 37.5 Å². The van der Waals surface area contributed by atoms with E-state index in [9.17, 15) is 14.7 Å². The van der Waals surface area contributed by atoms with Gasteiger partial charge in [0.15, 0.2) is 5.54 Å². The van der Waals surface area contributed by atoms with Crippen LogP contribution in [0.4, 0.5) is 4.79 Å². The summed E-state index contributed by atoms with van der Waals surface area (Å²) in [6.45, 7) is 1.74. The van der Waals surface area contributed by atoms with Crippen LogP contribution in [0.5, 0.6) is 0 Å². The molecule has 0 bridgehead atoms. The van der Waals surface area contributed by atoms with Crippen molar-refractivity contribution in [3.8, 4) is 0 Å². The zero-order chi connectivity index (χ0) is 15.6. The first-order valence-corrected chi connectivity index (χ1v) is 7.58. The summed E-state index contributed by atoms with van der Waals surface area (Å²) in [7, 11) is 0. The fraction of sp³-hybridized carbons (Fsp3) is 0.500. The highest BCUT2D eigenvalue weighted by atomic mass is 16.5. The second kappa shape index (κ2) is 5.96.